The van der Waals surface area contributed by atoms with E-state index in [1.54, 1.807) is 18.9 Å². The van der Waals surface area contributed by atoms with Gasteiger partial charge in [-0.15, -0.1) is 0 Å². The lowest BCUT2D eigenvalue weighted by Crippen LogP contribution is -2.32. The van der Waals surface area contributed by atoms with E-state index in [9.17, 15) is 4.79 Å². The fraction of sp³-hybridized carbons (Fsp3) is 0.226. The summed E-state index contributed by atoms with van der Waals surface area (Å²) >= 11 is 1.77. The Balaban J connectivity index is 1.53. The van der Waals surface area contributed by atoms with Crippen LogP contribution in [0.3, 0.4) is 0 Å². The number of rotatable bonds is 10. The van der Waals surface area contributed by atoms with Crippen molar-refractivity contribution >= 4 is 39.5 Å². The fourth-order valence-electron chi connectivity index (χ4n) is 4.73. The highest BCUT2D eigenvalue weighted by molar-refractivity contribution is 7.98. The Hall–Kier alpha value is -3.77. The summed E-state index contributed by atoms with van der Waals surface area (Å²) in [6.45, 7) is 0.647. The standard InChI is InChI=1S/C31H31N3O2S/c1-36-26-14-15-27-29(20-26)34(21-23-12-13-24-10-6-7-11-25(24)18-23)31(33-27)28(16-17-37-2)32-30(35)19-22-8-4-3-5-9-22/h3-15,18,20,28H,16-17,19,21H2,1-2H3,(H,32,35). The van der Waals surface area contributed by atoms with Crippen LogP contribution in [0.1, 0.15) is 29.4 Å². The maximum atomic E-state index is 13.1. The van der Waals surface area contributed by atoms with Crippen molar-refractivity contribution in [2.45, 2.75) is 25.4 Å². The topological polar surface area (TPSA) is 56.1 Å². The third-order valence-electron chi connectivity index (χ3n) is 6.60. The van der Waals surface area contributed by atoms with Crippen molar-refractivity contribution in [2.24, 2.45) is 0 Å². The molecule has 1 unspecified atom stereocenters. The molecule has 37 heavy (non-hydrogen) atoms. The second-order valence-corrected chi connectivity index (χ2v) is 10.1. The van der Waals surface area contributed by atoms with Crippen LogP contribution in [-0.4, -0.2) is 34.6 Å². The average molecular weight is 510 g/mol. The van der Waals surface area contributed by atoms with Crippen LogP contribution in [0.25, 0.3) is 21.8 Å². The Bertz CT molecular complexity index is 1510. The molecule has 0 aliphatic rings. The first-order chi connectivity index (χ1) is 18.1. The zero-order chi connectivity index (χ0) is 25.6. The number of fused-ring (bicyclic) bond motifs is 2. The Kier molecular flexibility index (Phi) is 7.76. The van der Waals surface area contributed by atoms with Crippen LogP contribution in [0.2, 0.25) is 0 Å². The number of hydrogen-bond donors (Lipinski definition) is 1. The summed E-state index contributed by atoms with van der Waals surface area (Å²) < 4.78 is 7.77. The molecule has 0 fully saturated rings. The SMILES string of the molecule is COc1ccc2nc(C(CCSC)NC(=O)Cc3ccccc3)n(Cc3ccc4ccccc4c3)c2c1. The number of thioether (sulfide) groups is 1. The number of nitrogens with one attached hydrogen (secondary N) is 1. The number of imidazole rings is 1. The molecule has 4 aromatic carbocycles. The molecule has 1 amide bonds. The van der Waals surface area contributed by atoms with E-state index in [4.69, 9.17) is 9.72 Å². The van der Waals surface area contributed by atoms with Gasteiger partial charge in [-0.3, -0.25) is 4.79 Å². The van der Waals surface area contributed by atoms with Crippen LogP contribution in [0.15, 0.2) is 91.0 Å². The molecule has 1 heterocycles. The molecule has 6 heteroatoms. The van der Waals surface area contributed by atoms with Gasteiger partial charge < -0.3 is 14.6 Å². The van der Waals surface area contributed by atoms with Gasteiger partial charge in [0.2, 0.25) is 5.91 Å². The molecular formula is C31H31N3O2S. The van der Waals surface area contributed by atoms with Crippen LogP contribution >= 0.6 is 11.8 Å². The van der Waals surface area contributed by atoms with Gasteiger partial charge >= 0.3 is 0 Å². The van der Waals surface area contributed by atoms with E-state index in [1.165, 1.54) is 16.3 Å². The number of nitrogens with zero attached hydrogens (tertiary/aromatic N) is 2. The first kappa shape index (κ1) is 24.9. The summed E-state index contributed by atoms with van der Waals surface area (Å²) in [4.78, 5) is 18.2. The van der Waals surface area contributed by atoms with E-state index in [0.29, 0.717) is 13.0 Å². The molecule has 5 aromatic rings. The molecule has 0 radical (unpaired) electrons. The second kappa shape index (κ2) is 11.5. The van der Waals surface area contributed by atoms with Crippen molar-refractivity contribution in [1.82, 2.24) is 14.9 Å². The maximum absolute atomic E-state index is 13.1. The normalized spacial score (nSPS) is 12.1. The highest BCUT2D eigenvalue weighted by atomic mass is 32.2. The van der Waals surface area contributed by atoms with Crippen LogP contribution < -0.4 is 10.1 Å². The molecular weight excluding hydrogens is 478 g/mol. The molecule has 0 spiro atoms. The number of carbonyl (C=O) groups excluding carboxylic acids is 1. The third-order valence-corrected chi connectivity index (χ3v) is 7.25. The van der Waals surface area contributed by atoms with Gasteiger partial charge in [-0.1, -0.05) is 66.7 Å². The maximum Gasteiger partial charge on any atom is 0.225 e. The Labute approximate surface area is 221 Å². The van der Waals surface area contributed by atoms with Gasteiger partial charge in [0.1, 0.15) is 11.6 Å². The van der Waals surface area contributed by atoms with E-state index in [0.717, 1.165) is 40.3 Å². The number of ether oxygens (including phenoxy) is 1. The summed E-state index contributed by atoms with van der Waals surface area (Å²) in [5, 5.41) is 5.72. The van der Waals surface area contributed by atoms with Gasteiger partial charge in [0.25, 0.3) is 0 Å². The van der Waals surface area contributed by atoms with Crippen molar-refractivity contribution in [3.8, 4) is 5.75 Å². The number of benzene rings is 4. The zero-order valence-electron chi connectivity index (χ0n) is 21.2. The lowest BCUT2D eigenvalue weighted by Gasteiger charge is -2.20. The van der Waals surface area contributed by atoms with Gasteiger partial charge in [-0.2, -0.15) is 11.8 Å². The Morgan fingerprint density at radius 3 is 2.51 bits per heavy atom. The summed E-state index contributed by atoms with van der Waals surface area (Å²) in [5.74, 6) is 2.57. The van der Waals surface area contributed by atoms with E-state index in [2.05, 4.69) is 58.6 Å². The van der Waals surface area contributed by atoms with Crippen LogP contribution in [-0.2, 0) is 17.8 Å². The van der Waals surface area contributed by atoms with E-state index >= 15 is 0 Å². The largest absolute Gasteiger partial charge is 0.497 e. The Morgan fingerprint density at radius 1 is 0.946 bits per heavy atom. The Morgan fingerprint density at radius 2 is 1.73 bits per heavy atom. The monoisotopic (exact) mass is 509 g/mol. The van der Waals surface area contributed by atoms with E-state index < -0.39 is 0 Å². The zero-order valence-corrected chi connectivity index (χ0v) is 22.0. The quantitative estimate of drug-likeness (QED) is 0.237. The molecule has 5 nitrogen and oxygen atoms in total. The minimum atomic E-state index is -0.206. The lowest BCUT2D eigenvalue weighted by atomic mass is 10.1. The summed E-state index contributed by atoms with van der Waals surface area (Å²) in [6.07, 6.45) is 3.22. The van der Waals surface area contributed by atoms with Gasteiger partial charge in [-0.05, 0) is 58.5 Å². The van der Waals surface area contributed by atoms with Crippen LogP contribution in [0, 0.1) is 0 Å². The van der Waals surface area contributed by atoms with E-state index in [-0.39, 0.29) is 11.9 Å². The first-order valence-corrected chi connectivity index (χ1v) is 13.9. The van der Waals surface area contributed by atoms with Crippen molar-refractivity contribution < 1.29 is 9.53 Å². The summed E-state index contributed by atoms with van der Waals surface area (Å²) in [7, 11) is 1.68. The second-order valence-electron chi connectivity index (χ2n) is 9.16. The third kappa shape index (κ3) is 5.81. The van der Waals surface area contributed by atoms with Crippen molar-refractivity contribution in [3.05, 3.63) is 108 Å². The lowest BCUT2D eigenvalue weighted by molar-refractivity contribution is -0.121. The number of methoxy groups -OCH3 is 1. The molecule has 0 saturated carbocycles. The molecule has 1 N–H and O–H groups in total. The molecule has 1 atom stereocenters. The number of aromatic nitrogens is 2. The molecule has 0 aliphatic carbocycles. The van der Waals surface area contributed by atoms with Crippen molar-refractivity contribution in [3.63, 3.8) is 0 Å². The fourth-order valence-corrected chi connectivity index (χ4v) is 5.20. The predicted molar refractivity (Wildman–Crippen MR) is 153 cm³/mol. The minimum absolute atomic E-state index is 0.000745. The highest BCUT2D eigenvalue weighted by Gasteiger charge is 2.23. The molecule has 5 rings (SSSR count). The van der Waals surface area contributed by atoms with E-state index in [1.807, 2.05) is 48.5 Å². The smallest absolute Gasteiger partial charge is 0.225 e. The molecule has 0 saturated heterocycles. The first-order valence-electron chi connectivity index (χ1n) is 12.5. The van der Waals surface area contributed by atoms with Gasteiger partial charge in [0, 0.05) is 12.6 Å². The summed E-state index contributed by atoms with van der Waals surface area (Å²) in [6, 6.07) is 30.6. The molecule has 0 aliphatic heterocycles. The van der Waals surface area contributed by atoms with Crippen LogP contribution in [0.5, 0.6) is 5.75 Å². The molecule has 188 valence electrons. The highest BCUT2D eigenvalue weighted by Crippen LogP contribution is 2.29. The number of carbonyl (C=O) groups is 1. The number of hydrogen-bond acceptors (Lipinski definition) is 4. The summed E-state index contributed by atoms with van der Waals surface area (Å²) in [5.41, 5.74) is 4.07. The molecule has 0 bridgehead atoms. The van der Waals surface area contributed by atoms with Crippen molar-refractivity contribution in [1.29, 1.82) is 0 Å². The van der Waals surface area contributed by atoms with Crippen molar-refractivity contribution in [2.75, 3.05) is 19.1 Å². The average Bonchev–Trinajstić information content (AvgIpc) is 3.28. The number of amides is 1. The minimum Gasteiger partial charge on any atom is -0.497 e. The van der Waals surface area contributed by atoms with Gasteiger partial charge in [0.15, 0.2) is 0 Å². The van der Waals surface area contributed by atoms with Gasteiger partial charge in [-0.25, -0.2) is 4.98 Å². The van der Waals surface area contributed by atoms with Gasteiger partial charge in [0.05, 0.1) is 30.6 Å². The van der Waals surface area contributed by atoms with Crippen LogP contribution in [0.4, 0.5) is 0 Å². The predicted octanol–water partition coefficient (Wildman–Crippen LogP) is 6.40. The molecule has 1 aromatic heterocycles.